The van der Waals surface area contributed by atoms with E-state index in [1.54, 1.807) is 12.1 Å². The molecule has 0 fully saturated rings. The topological polar surface area (TPSA) is 46.2 Å². The van der Waals surface area contributed by atoms with Gasteiger partial charge in [-0.1, -0.05) is 17.7 Å². The maximum absolute atomic E-state index is 9.75. The summed E-state index contributed by atoms with van der Waals surface area (Å²) in [6.07, 6.45) is 0. The van der Waals surface area contributed by atoms with E-state index < -0.39 is 5.54 Å². The molecule has 3 N–H and O–H groups in total. The second-order valence-electron chi connectivity index (χ2n) is 3.81. The molecule has 0 aliphatic carbocycles. The highest BCUT2D eigenvalue weighted by Gasteiger charge is 2.22. The normalized spacial score (nSPS) is 11.8. The molecule has 1 aromatic rings. The average Bonchev–Trinajstić information content (AvgIpc) is 1.95. The highest BCUT2D eigenvalue weighted by Crippen LogP contribution is 2.35. The number of nitrogens with two attached hydrogens (primary N) is 1. The van der Waals surface area contributed by atoms with Crippen molar-refractivity contribution >= 4 is 11.6 Å². The first-order valence-corrected chi connectivity index (χ1v) is 4.49. The summed E-state index contributed by atoms with van der Waals surface area (Å²) in [5.41, 5.74) is 6.66. The van der Waals surface area contributed by atoms with Gasteiger partial charge in [-0.2, -0.15) is 0 Å². The first-order valence-electron chi connectivity index (χ1n) is 4.11. The summed E-state index contributed by atoms with van der Waals surface area (Å²) in [4.78, 5) is 0. The first kappa shape index (κ1) is 10.4. The summed E-state index contributed by atoms with van der Waals surface area (Å²) in [6, 6.07) is 3.52. The van der Waals surface area contributed by atoms with Crippen LogP contribution >= 0.6 is 11.6 Å². The van der Waals surface area contributed by atoms with Gasteiger partial charge in [-0.05, 0) is 32.4 Å². The Morgan fingerprint density at radius 2 is 1.92 bits per heavy atom. The van der Waals surface area contributed by atoms with E-state index in [0.717, 1.165) is 5.56 Å². The van der Waals surface area contributed by atoms with Crippen LogP contribution in [0.3, 0.4) is 0 Å². The third kappa shape index (κ3) is 1.95. The van der Waals surface area contributed by atoms with Crippen molar-refractivity contribution in [3.8, 4) is 5.75 Å². The predicted molar refractivity (Wildman–Crippen MR) is 55.1 cm³/mol. The van der Waals surface area contributed by atoms with Gasteiger partial charge in [-0.25, -0.2) is 0 Å². The van der Waals surface area contributed by atoms with Crippen LogP contribution < -0.4 is 5.73 Å². The van der Waals surface area contributed by atoms with E-state index in [0.29, 0.717) is 10.6 Å². The standard InChI is InChI=1S/C10H14ClNO/c1-6-4-5-7(11)8(9(6)13)10(2,3)12/h4-5,13H,12H2,1-3H3. The molecule has 0 spiro atoms. The molecule has 0 heterocycles. The maximum atomic E-state index is 9.75. The zero-order valence-corrected chi connectivity index (χ0v) is 8.81. The van der Waals surface area contributed by atoms with Crippen molar-refractivity contribution in [1.29, 1.82) is 0 Å². The Kier molecular flexibility index (Phi) is 2.55. The van der Waals surface area contributed by atoms with E-state index in [2.05, 4.69) is 0 Å². The molecule has 0 bridgehead atoms. The van der Waals surface area contributed by atoms with Crippen LogP contribution in [0.4, 0.5) is 0 Å². The highest BCUT2D eigenvalue weighted by atomic mass is 35.5. The Bertz CT molecular complexity index is 328. The van der Waals surface area contributed by atoms with Gasteiger partial charge in [0.1, 0.15) is 5.75 Å². The van der Waals surface area contributed by atoms with Crippen LogP contribution in [0.2, 0.25) is 5.02 Å². The molecule has 0 aromatic heterocycles. The minimum atomic E-state index is -0.618. The van der Waals surface area contributed by atoms with Crippen molar-refractivity contribution in [2.24, 2.45) is 5.73 Å². The van der Waals surface area contributed by atoms with Gasteiger partial charge in [0.25, 0.3) is 0 Å². The molecule has 0 unspecified atom stereocenters. The highest BCUT2D eigenvalue weighted by molar-refractivity contribution is 6.31. The van der Waals surface area contributed by atoms with Gasteiger partial charge in [-0.15, -0.1) is 0 Å². The molecule has 3 heteroatoms. The van der Waals surface area contributed by atoms with Gasteiger partial charge in [0, 0.05) is 16.1 Å². The Labute approximate surface area is 83.3 Å². The third-order valence-electron chi connectivity index (χ3n) is 1.97. The summed E-state index contributed by atoms with van der Waals surface area (Å²) >= 11 is 5.95. The molecule has 0 atom stereocenters. The fourth-order valence-electron chi connectivity index (χ4n) is 1.28. The van der Waals surface area contributed by atoms with Crippen molar-refractivity contribution in [2.45, 2.75) is 26.3 Å². The van der Waals surface area contributed by atoms with E-state index in [4.69, 9.17) is 17.3 Å². The summed E-state index contributed by atoms with van der Waals surface area (Å²) in [6.45, 7) is 5.45. The number of hydrogen-bond donors (Lipinski definition) is 2. The molecular weight excluding hydrogens is 186 g/mol. The fourth-order valence-corrected chi connectivity index (χ4v) is 1.68. The molecule has 0 saturated heterocycles. The number of halogens is 1. The van der Waals surface area contributed by atoms with Crippen molar-refractivity contribution in [1.82, 2.24) is 0 Å². The van der Waals surface area contributed by atoms with E-state index in [9.17, 15) is 5.11 Å². The lowest BCUT2D eigenvalue weighted by atomic mass is 9.93. The largest absolute Gasteiger partial charge is 0.507 e. The Hall–Kier alpha value is -0.730. The number of rotatable bonds is 1. The van der Waals surface area contributed by atoms with Gasteiger partial charge in [0.2, 0.25) is 0 Å². The SMILES string of the molecule is Cc1ccc(Cl)c(C(C)(C)N)c1O. The third-order valence-corrected chi connectivity index (χ3v) is 2.29. The quantitative estimate of drug-likeness (QED) is 0.730. The van der Waals surface area contributed by atoms with Gasteiger partial charge in [-0.3, -0.25) is 0 Å². The lowest BCUT2D eigenvalue weighted by molar-refractivity contribution is 0.437. The van der Waals surface area contributed by atoms with Crippen LogP contribution in [0.5, 0.6) is 5.75 Å². The van der Waals surface area contributed by atoms with Crippen LogP contribution in [-0.4, -0.2) is 5.11 Å². The lowest BCUT2D eigenvalue weighted by Gasteiger charge is -2.22. The maximum Gasteiger partial charge on any atom is 0.125 e. The Morgan fingerprint density at radius 3 is 2.31 bits per heavy atom. The van der Waals surface area contributed by atoms with Gasteiger partial charge < -0.3 is 10.8 Å². The minimum absolute atomic E-state index is 0.194. The molecule has 0 saturated carbocycles. The summed E-state index contributed by atoms with van der Waals surface area (Å²) in [5, 5.41) is 10.3. The number of hydrogen-bond acceptors (Lipinski definition) is 2. The predicted octanol–water partition coefficient (Wildman–Crippen LogP) is 2.55. The molecule has 0 radical (unpaired) electrons. The van der Waals surface area contributed by atoms with Gasteiger partial charge in [0.15, 0.2) is 0 Å². The molecule has 2 nitrogen and oxygen atoms in total. The van der Waals surface area contributed by atoms with Crippen LogP contribution in [-0.2, 0) is 5.54 Å². The van der Waals surface area contributed by atoms with Crippen LogP contribution in [0.15, 0.2) is 12.1 Å². The smallest absolute Gasteiger partial charge is 0.125 e. The minimum Gasteiger partial charge on any atom is -0.507 e. The molecule has 13 heavy (non-hydrogen) atoms. The van der Waals surface area contributed by atoms with Crippen molar-refractivity contribution in [3.63, 3.8) is 0 Å². The number of benzene rings is 1. The monoisotopic (exact) mass is 199 g/mol. The molecular formula is C10H14ClNO. The number of aryl methyl sites for hydroxylation is 1. The van der Waals surface area contributed by atoms with E-state index in [-0.39, 0.29) is 5.75 Å². The fraction of sp³-hybridized carbons (Fsp3) is 0.400. The number of phenols is 1. The Balaban J connectivity index is 3.43. The van der Waals surface area contributed by atoms with Crippen molar-refractivity contribution in [3.05, 3.63) is 28.3 Å². The molecule has 1 aromatic carbocycles. The van der Waals surface area contributed by atoms with E-state index in [1.807, 2.05) is 20.8 Å². The van der Waals surface area contributed by atoms with Crippen LogP contribution in [0.1, 0.15) is 25.0 Å². The lowest BCUT2D eigenvalue weighted by Crippen LogP contribution is -2.29. The van der Waals surface area contributed by atoms with Crippen molar-refractivity contribution in [2.75, 3.05) is 0 Å². The van der Waals surface area contributed by atoms with Gasteiger partial charge in [0.05, 0.1) is 0 Å². The number of aromatic hydroxyl groups is 1. The molecule has 1 rings (SSSR count). The zero-order valence-electron chi connectivity index (χ0n) is 8.06. The second kappa shape index (κ2) is 3.20. The summed E-state index contributed by atoms with van der Waals surface area (Å²) in [7, 11) is 0. The van der Waals surface area contributed by atoms with Crippen LogP contribution in [0, 0.1) is 6.92 Å². The zero-order chi connectivity index (χ0) is 10.2. The van der Waals surface area contributed by atoms with E-state index in [1.165, 1.54) is 0 Å². The summed E-state index contributed by atoms with van der Waals surface area (Å²) in [5.74, 6) is 0.194. The van der Waals surface area contributed by atoms with Gasteiger partial charge >= 0.3 is 0 Å². The number of phenolic OH excluding ortho intramolecular Hbond substituents is 1. The average molecular weight is 200 g/mol. The first-order chi connectivity index (χ1) is 5.84. The molecule has 72 valence electrons. The van der Waals surface area contributed by atoms with Crippen LogP contribution in [0.25, 0.3) is 0 Å². The Morgan fingerprint density at radius 1 is 1.38 bits per heavy atom. The molecule has 0 aliphatic heterocycles. The molecule has 0 aliphatic rings. The summed E-state index contributed by atoms with van der Waals surface area (Å²) < 4.78 is 0. The molecule has 0 amide bonds. The second-order valence-corrected chi connectivity index (χ2v) is 4.22. The van der Waals surface area contributed by atoms with Crippen molar-refractivity contribution < 1.29 is 5.11 Å². The van der Waals surface area contributed by atoms with E-state index >= 15 is 0 Å².